The van der Waals surface area contributed by atoms with E-state index in [1.54, 1.807) is 14.2 Å². The van der Waals surface area contributed by atoms with Crippen molar-refractivity contribution < 1.29 is 8.85 Å². The van der Waals surface area contributed by atoms with Gasteiger partial charge in [0.1, 0.15) is 0 Å². The molecule has 1 rings (SSSR count). The van der Waals surface area contributed by atoms with Gasteiger partial charge in [0.2, 0.25) is 0 Å². The Morgan fingerprint density at radius 3 is 2.44 bits per heavy atom. The van der Waals surface area contributed by atoms with Crippen molar-refractivity contribution in [1.82, 2.24) is 4.57 Å². The van der Waals surface area contributed by atoms with Crippen molar-refractivity contribution >= 4 is 14.9 Å². The third-order valence-electron chi connectivity index (χ3n) is 3.41. The normalized spacial score (nSPS) is 22.8. The first-order valence-electron chi connectivity index (χ1n) is 6.92. The Kier molecular flexibility index (Phi) is 6.49. The van der Waals surface area contributed by atoms with Crippen LogP contribution < -0.4 is 0 Å². The molecule has 5 heteroatoms. The first-order valence-corrected chi connectivity index (χ1v) is 8.90. The third-order valence-corrected chi connectivity index (χ3v) is 7.04. The van der Waals surface area contributed by atoms with Crippen LogP contribution in [0, 0.1) is 5.92 Å². The van der Waals surface area contributed by atoms with Crippen molar-refractivity contribution in [3.63, 3.8) is 0 Å². The van der Waals surface area contributed by atoms with Gasteiger partial charge in [-0.25, -0.2) is 0 Å². The number of rotatable bonds is 6. The van der Waals surface area contributed by atoms with Crippen molar-refractivity contribution in [2.45, 2.75) is 45.7 Å². The lowest BCUT2D eigenvalue weighted by atomic mass is 10.2. The lowest BCUT2D eigenvalue weighted by molar-refractivity contribution is 0.144. The van der Waals surface area contributed by atoms with Crippen LogP contribution in [0.5, 0.6) is 0 Å². The molecule has 18 heavy (non-hydrogen) atoms. The fourth-order valence-electron chi connectivity index (χ4n) is 2.44. The third kappa shape index (κ3) is 4.15. The van der Waals surface area contributed by atoms with Crippen LogP contribution in [-0.4, -0.2) is 52.9 Å². The van der Waals surface area contributed by atoms with Crippen molar-refractivity contribution in [3.05, 3.63) is 0 Å². The molecule has 0 bridgehead atoms. The highest BCUT2D eigenvalue weighted by atomic mass is 28.4. The second-order valence-electron chi connectivity index (χ2n) is 5.42. The van der Waals surface area contributed by atoms with E-state index in [2.05, 4.69) is 30.3 Å². The molecule has 1 aliphatic rings. The molecule has 4 nitrogen and oxygen atoms in total. The smallest absolute Gasteiger partial charge is 0.386 e. The van der Waals surface area contributed by atoms with Crippen molar-refractivity contribution in [1.29, 1.82) is 0 Å². The quantitative estimate of drug-likeness (QED) is 0.550. The fraction of sp³-hybridized carbons (Fsp3) is 0.923. The zero-order chi connectivity index (χ0) is 13.6. The van der Waals surface area contributed by atoms with Crippen LogP contribution in [-0.2, 0) is 8.85 Å². The minimum absolute atomic E-state index is 0.308. The molecule has 1 atom stereocenters. The molecule has 0 saturated carbocycles. The largest absolute Gasteiger partial charge is 0.427 e. The first kappa shape index (κ1) is 15.8. The summed E-state index contributed by atoms with van der Waals surface area (Å²) in [5.74, 6) is 0.514. The summed E-state index contributed by atoms with van der Waals surface area (Å²) in [7, 11) is 1.46. The zero-order valence-electron chi connectivity index (χ0n) is 12.5. The van der Waals surface area contributed by atoms with E-state index >= 15 is 0 Å². The molecule has 0 aromatic carbocycles. The van der Waals surface area contributed by atoms with Gasteiger partial charge in [-0.2, -0.15) is 0 Å². The van der Waals surface area contributed by atoms with Gasteiger partial charge in [0, 0.05) is 33.0 Å². The summed E-state index contributed by atoms with van der Waals surface area (Å²) in [5, 5.41) is 0. The number of hydrogen-bond acceptors (Lipinski definition) is 4. The summed E-state index contributed by atoms with van der Waals surface area (Å²) < 4.78 is 13.9. The molecule has 0 N–H and O–H groups in total. The number of aliphatic imine (C=N–C) groups is 1. The van der Waals surface area contributed by atoms with E-state index in [0.717, 1.165) is 19.1 Å². The highest BCUT2D eigenvalue weighted by molar-refractivity contribution is 6.64. The van der Waals surface area contributed by atoms with Crippen LogP contribution in [0.15, 0.2) is 4.99 Å². The van der Waals surface area contributed by atoms with E-state index in [1.807, 2.05) is 6.21 Å². The topological polar surface area (TPSA) is 34.1 Å². The fourth-order valence-corrected chi connectivity index (χ4v) is 5.59. The van der Waals surface area contributed by atoms with Gasteiger partial charge in [-0.05, 0) is 32.2 Å². The monoisotopic (exact) mass is 272 g/mol. The maximum absolute atomic E-state index is 5.76. The lowest BCUT2D eigenvalue weighted by Gasteiger charge is -2.42. The number of nitrogens with zero attached hydrogens (tertiary/aromatic N) is 2. The van der Waals surface area contributed by atoms with Gasteiger partial charge in [-0.3, -0.25) is 9.56 Å². The molecule has 1 aliphatic heterocycles. The van der Waals surface area contributed by atoms with Crippen LogP contribution in [0.2, 0.25) is 6.04 Å². The Labute approximate surface area is 113 Å². The molecule has 1 saturated heterocycles. The minimum Gasteiger partial charge on any atom is -0.386 e. The second-order valence-corrected chi connectivity index (χ2v) is 8.79. The predicted molar refractivity (Wildman–Crippen MR) is 78.2 cm³/mol. The maximum Gasteiger partial charge on any atom is 0.427 e. The molecule has 0 amide bonds. The van der Waals surface area contributed by atoms with Gasteiger partial charge in [0.25, 0.3) is 0 Å². The zero-order valence-corrected chi connectivity index (χ0v) is 13.5. The van der Waals surface area contributed by atoms with Crippen LogP contribution in [0.25, 0.3) is 0 Å². The summed E-state index contributed by atoms with van der Waals surface area (Å²) in [6.45, 7) is 8.49. The summed E-state index contributed by atoms with van der Waals surface area (Å²) in [6, 6.07) is 1.38. The molecular weight excluding hydrogens is 244 g/mol. The Balaban J connectivity index is 2.62. The van der Waals surface area contributed by atoms with Crippen LogP contribution in [0.4, 0.5) is 0 Å². The SMILES string of the molecule is CO[Si]1(OC)CCCCN1CC(C)N=CC(C)C. The molecule has 1 unspecified atom stereocenters. The Bertz CT molecular complexity index is 268. The minimum atomic E-state index is -2.12. The van der Waals surface area contributed by atoms with Crippen molar-refractivity contribution in [2.24, 2.45) is 10.9 Å². The molecule has 1 fully saturated rings. The Hall–Kier alpha value is -0.233. The second kappa shape index (κ2) is 7.38. The summed E-state index contributed by atoms with van der Waals surface area (Å²) in [5.41, 5.74) is 0. The first-order chi connectivity index (χ1) is 8.54. The summed E-state index contributed by atoms with van der Waals surface area (Å²) in [6.07, 6.45) is 4.49. The highest BCUT2D eigenvalue weighted by Crippen LogP contribution is 2.26. The van der Waals surface area contributed by atoms with Crippen molar-refractivity contribution in [3.8, 4) is 0 Å². The average molecular weight is 272 g/mol. The molecule has 0 aromatic heterocycles. The van der Waals surface area contributed by atoms with E-state index in [1.165, 1.54) is 12.8 Å². The number of hydrogen-bond donors (Lipinski definition) is 0. The summed E-state index contributed by atoms with van der Waals surface area (Å²) in [4.78, 5) is 4.60. The molecule has 0 spiro atoms. The van der Waals surface area contributed by atoms with Crippen molar-refractivity contribution in [2.75, 3.05) is 27.3 Å². The van der Waals surface area contributed by atoms with E-state index in [0.29, 0.717) is 12.0 Å². The Morgan fingerprint density at radius 1 is 1.22 bits per heavy atom. The molecule has 0 aliphatic carbocycles. The van der Waals surface area contributed by atoms with E-state index in [9.17, 15) is 0 Å². The van der Waals surface area contributed by atoms with E-state index in [4.69, 9.17) is 8.85 Å². The van der Waals surface area contributed by atoms with E-state index < -0.39 is 8.72 Å². The molecule has 106 valence electrons. The van der Waals surface area contributed by atoms with Gasteiger partial charge in [0.05, 0.1) is 6.04 Å². The molecule has 1 heterocycles. The molecule has 0 radical (unpaired) electrons. The average Bonchev–Trinajstić information content (AvgIpc) is 2.37. The summed E-state index contributed by atoms with van der Waals surface area (Å²) >= 11 is 0. The van der Waals surface area contributed by atoms with Gasteiger partial charge >= 0.3 is 8.72 Å². The van der Waals surface area contributed by atoms with Gasteiger partial charge in [0.15, 0.2) is 0 Å². The van der Waals surface area contributed by atoms with E-state index in [-0.39, 0.29) is 0 Å². The van der Waals surface area contributed by atoms with Crippen LogP contribution >= 0.6 is 0 Å². The lowest BCUT2D eigenvalue weighted by Crippen LogP contribution is -2.61. The molecular formula is C13H28N2O2Si. The molecule has 0 aromatic rings. The standard InChI is InChI=1S/C13H28N2O2Si/c1-12(2)10-14-13(3)11-15-8-6-7-9-18(15,16-4)17-5/h10,12-13H,6-9,11H2,1-5H3. The van der Waals surface area contributed by atoms with Crippen LogP contribution in [0.3, 0.4) is 0 Å². The van der Waals surface area contributed by atoms with Crippen LogP contribution in [0.1, 0.15) is 33.6 Å². The van der Waals surface area contributed by atoms with Gasteiger partial charge in [-0.1, -0.05) is 13.8 Å². The predicted octanol–water partition coefficient (Wildman–Crippen LogP) is 2.43. The van der Waals surface area contributed by atoms with Gasteiger partial charge < -0.3 is 8.85 Å². The maximum atomic E-state index is 5.76. The Morgan fingerprint density at radius 2 is 1.89 bits per heavy atom. The highest BCUT2D eigenvalue weighted by Gasteiger charge is 2.45. The van der Waals surface area contributed by atoms with Gasteiger partial charge in [-0.15, -0.1) is 0 Å².